The molecule has 1 heterocycles. The quantitative estimate of drug-likeness (QED) is 0.820. The first kappa shape index (κ1) is 17.9. The topological polar surface area (TPSA) is 50.2 Å². The summed E-state index contributed by atoms with van der Waals surface area (Å²) in [6.45, 7) is -1.14. The van der Waals surface area contributed by atoms with Crippen LogP contribution in [0.3, 0.4) is 0 Å². The molecule has 0 aliphatic rings. The number of rotatable bonds is 6. The van der Waals surface area contributed by atoms with Crippen LogP contribution < -0.4 is 5.32 Å². The molecule has 0 spiro atoms. The van der Waals surface area contributed by atoms with Crippen LogP contribution in [-0.4, -0.2) is 40.1 Å². The van der Waals surface area contributed by atoms with Gasteiger partial charge in [-0.25, -0.2) is 9.37 Å². The molecule has 24 heavy (non-hydrogen) atoms. The Bertz CT molecular complexity index is 699. The third-order valence-corrected chi connectivity index (χ3v) is 3.08. The van der Waals surface area contributed by atoms with Crippen molar-refractivity contribution in [2.75, 3.05) is 18.9 Å². The Morgan fingerprint density at radius 2 is 2.12 bits per heavy atom. The van der Waals surface area contributed by atoms with Crippen molar-refractivity contribution in [3.8, 4) is 0 Å². The fraction of sp³-hybridized carbons (Fsp3) is 0.333. The summed E-state index contributed by atoms with van der Waals surface area (Å²) in [6.07, 6.45) is -1.83. The zero-order valence-electron chi connectivity index (χ0n) is 12.8. The van der Waals surface area contributed by atoms with Gasteiger partial charge in [0, 0.05) is 18.1 Å². The van der Waals surface area contributed by atoms with E-state index in [9.17, 15) is 22.4 Å². The summed E-state index contributed by atoms with van der Waals surface area (Å²) in [4.78, 5) is 17.3. The standard InChI is InChI=1S/C15H16F4N4O/c1-22(8-13-20-5-6-23(13)10-15(17,18)19)9-14(24)21-12-4-2-3-11(16)7-12/h2-7H,8-10H2,1H3,(H,21,24). The van der Waals surface area contributed by atoms with E-state index in [1.165, 1.54) is 41.6 Å². The van der Waals surface area contributed by atoms with Crippen LogP contribution in [0.1, 0.15) is 5.82 Å². The maximum atomic E-state index is 13.0. The Kier molecular flexibility index (Phi) is 5.55. The van der Waals surface area contributed by atoms with Crippen molar-refractivity contribution >= 4 is 11.6 Å². The molecule has 0 aliphatic heterocycles. The van der Waals surface area contributed by atoms with Crippen LogP contribution >= 0.6 is 0 Å². The molecule has 0 saturated carbocycles. The Morgan fingerprint density at radius 1 is 1.38 bits per heavy atom. The summed E-state index contributed by atoms with van der Waals surface area (Å²) in [7, 11) is 1.58. The van der Waals surface area contributed by atoms with Crippen LogP contribution in [0.4, 0.5) is 23.2 Å². The molecule has 1 aromatic carbocycles. The average Bonchev–Trinajstić information content (AvgIpc) is 2.83. The van der Waals surface area contributed by atoms with Crippen molar-refractivity contribution in [1.29, 1.82) is 0 Å². The first-order valence-corrected chi connectivity index (χ1v) is 7.03. The molecule has 130 valence electrons. The zero-order chi connectivity index (χ0) is 17.7. The molecule has 5 nitrogen and oxygen atoms in total. The van der Waals surface area contributed by atoms with Crippen molar-refractivity contribution in [3.05, 3.63) is 48.3 Å². The lowest BCUT2D eigenvalue weighted by molar-refractivity contribution is -0.141. The number of carbonyl (C=O) groups excluding carboxylic acids is 1. The fourth-order valence-corrected chi connectivity index (χ4v) is 2.14. The normalized spacial score (nSPS) is 11.8. The molecule has 9 heteroatoms. The first-order valence-electron chi connectivity index (χ1n) is 7.03. The van der Waals surface area contributed by atoms with E-state index in [-0.39, 0.29) is 18.9 Å². The number of hydrogen-bond acceptors (Lipinski definition) is 3. The molecule has 1 amide bonds. The van der Waals surface area contributed by atoms with E-state index in [0.717, 1.165) is 4.57 Å². The highest BCUT2D eigenvalue weighted by atomic mass is 19.4. The van der Waals surface area contributed by atoms with Crippen LogP contribution in [0.5, 0.6) is 0 Å². The van der Waals surface area contributed by atoms with Crippen molar-refractivity contribution < 1.29 is 22.4 Å². The molecule has 0 radical (unpaired) electrons. The highest BCUT2D eigenvalue weighted by Crippen LogP contribution is 2.18. The second kappa shape index (κ2) is 7.43. The van der Waals surface area contributed by atoms with Crippen LogP contribution in [0.2, 0.25) is 0 Å². The van der Waals surface area contributed by atoms with Gasteiger partial charge in [0.05, 0.1) is 13.1 Å². The number of hydrogen-bond donors (Lipinski definition) is 1. The Hall–Kier alpha value is -2.42. The van der Waals surface area contributed by atoms with E-state index in [1.54, 1.807) is 7.05 Å². The van der Waals surface area contributed by atoms with Crippen molar-refractivity contribution in [2.24, 2.45) is 0 Å². The van der Waals surface area contributed by atoms with Gasteiger partial charge >= 0.3 is 6.18 Å². The summed E-state index contributed by atoms with van der Waals surface area (Å²) < 4.78 is 51.4. The van der Waals surface area contributed by atoms with Gasteiger partial charge in [-0.3, -0.25) is 9.69 Å². The molecule has 1 aromatic heterocycles. The first-order chi connectivity index (χ1) is 11.2. The highest BCUT2D eigenvalue weighted by molar-refractivity contribution is 5.92. The van der Waals surface area contributed by atoms with Crippen molar-refractivity contribution in [1.82, 2.24) is 14.5 Å². The van der Waals surface area contributed by atoms with E-state index in [0.29, 0.717) is 5.69 Å². The molecular weight excluding hydrogens is 328 g/mol. The van der Waals surface area contributed by atoms with E-state index < -0.39 is 24.4 Å². The van der Waals surface area contributed by atoms with Gasteiger partial charge in [0.2, 0.25) is 5.91 Å². The summed E-state index contributed by atoms with van der Waals surface area (Å²) in [5.74, 6) is -0.680. The third kappa shape index (κ3) is 5.65. The lowest BCUT2D eigenvalue weighted by atomic mass is 10.3. The van der Waals surface area contributed by atoms with Gasteiger partial charge < -0.3 is 9.88 Å². The number of halogens is 4. The summed E-state index contributed by atoms with van der Waals surface area (Å²) >= 11 is 0. The molecule has 2 aromatic rings. The number of likely N-dealkylation sites (N-methyl/N-ethyl adjacent to an activating group) is 1. The van der Waals surface area contributed by atoms with E-state index >= 15 is 0 Å². The second-order valence-corrected chi connectivity index (χ2v) is 5.32. The van der Waals surface area contributed by atoms with E-state index in [1.807, 2.05) is 0 Å². The summed E-state index contributed by atoms with van der Waals surface area (Å²) in [5.41, 5.74) is 0.312. The van der Waals surface area contributed by atoms with Crippen LogP contribution in [0.15, 0.2) is 36.7 Å². The largest absolute Gasteiger partial charge is 0.406 e. The number of carbonyl (C=O) groups is 1. The lowest BCUT2D eigenvalue weighted by Crippen LogP contribution is -2.31. The lowest BCUT2D eigenvalue weighted by Gasteiger charge is -2.17. The minimum Gasteiger partial charge on any atom is -0.325 e. The third-order valence-electron chi connectivity index (χ3n) is 3.08. The number of aromatic nitrogens is 2. The maximum absolute atomic E-state index is 13.0. The van der Waals surface area contributed by atoms with E-state index in [4.69, 9.17) is 0 Å². The highest BCUT2D eigenvalue weighted by Gasteiger charge is 2.29. The van der Waals surface area contributed by atoms with Gasteiger partial charge in [0.1, 0.15) is 18.2 Å². The Balaban J connectivity index is 1.90. The second-order valence-electron chi connectivity index (χ2n) is 5.32. The predicted molar refractivity (Wildman–Crippen MR) is 79.6 cm³/mol. The number of nitrogens with one attached hydrogen (secondary N) is 1. The molecule has 0 aliphatic carbocycles. The van der Waals surface area contributed by atoms with Gasteiger partial charge in [-0.2, -0.15) is 13.2 Å². The zero-order valence-corrected chi connectivity index (χ0v) is 12.8. The fourth-order valence-electron chi connectivity index (χ4n) is 2.14. The minimum atomic E-state index is -4.34. The molecule has 0 saturated heterocycles. The number of amides is 1. The van der Waals surface area contributed by atoms with Gasteiger partial charge in [-0.15, -0.1) is 0 Å². The predicted octanol–water partition coefficient (Wildman–Crippen LogP) is 2.66. The molecule has 0 fully saturated rings. The molecule has 0 bridgehead atoms. The number of benzene rings is 1. The van der Waals surface area contributed by atoms with E-state index in [2.05, 4.69) is 10.3 Å². The Labute approximate surface area is 135 Å². The number of anilines is 1. The average molecular weight is 344 g/mol. The van der Waals surface area contributed by atoms with Gasteiger partial charge in [-0.05, 0) is 25.2 Å². The smallest absolute Gasteiger partial charge is 0.325 e. The summed E-state index contributed by atoms with van der Waals surface area (Å²) in [6, 6.07) is 5.43. The van der Waals surface area contributed by atoms with Crippen LogP contribution in [0.25, 0.3) is 0 Å². The number of alkyl halides is 3. The van der Waals surface area contributed by atoms with Crippen molar-refractivity contribution in [2.45, 2.75) is 19.3 Å². The van der Waals surface area contributed by atoms with Gasteiger partial charge in [0.15, 0.2) is 0 Å². The SMILES string of the molecule is CN(CC(=O)Nc1cccc(F)c1)Cc1nccn1CC(F)(F)F. The molecular formula is C15H16F4N4O. The number of imidazole rings is 1. The maximum Gasteiger partial charge on any atom is 0.406 e. The van der Waals surface area contributed by atoms with Crippen LogP contribution in [-0.2, 0) is 17.9 Å². The monoisotopic (exact) mass is 344 g/mol. The van der Waals surface area contributed by atoms with Crippen LogP contribution in [0, 0.1) is 5.82 Å². The number of nitrogens with zero attached hydrogens (tertiary/aromatic N) is 3. The Morgan fingerprint density at radius 3 is 2.79 bits per heavy atom. The molecule has 1 N–H and O–H groups in total. The molecule has 0 unspecified atom stereocenters. The molecule has 0 atom stereocenters. The van der Waals surface area contributed by atoms with Gasteiger partial charge in [-0.1, -0.05) is 6.07 Å². The minimum absolute atomic E-state index is 0.0691. The van der Waals surface area contributed by atoms with Crippen molar-refractivity contribution in [3.63, 3.8) is 0 Å². The van der Waals surface area contributed by atoms with Gasteiger partial charge in [0.25, 0.3) is 0 Å². The summed E-state index contributed by atoms with van der Waals surface area (Å²) in [5, 5.41) is 2.52. The molecule has 2 rings (SSSR count).